The second kappa shape index (κ2) is 4.35. The van der Waals surface area contributed by atoms with Crippen LogP contribution < -0.4 is 0 Å². The molecule has 3 nitrogen and oxygen atoms in total. The highest BCUT2D eigenvalue weighted by Crippen LogP contribution is 2.21. The summed E-state index contributed by atoms with van der Waals surface area (Å²) in [5.74, 6) is 0. The average Bonchev–Trinajstić information content (AvgIpc) is 2.18. The molecule has 0 fully saturated rings. The molecule has 13 heavy (non-hydrogen) atoms. The van der Waals surface area contributed by atoms with Crippen LogP contribution in [0.2, 0.25) is 0 Å². The lowest BCUT2D eigenvalue weighted by Gasteiger charge is -2.04. The molecule has 1 unspecified atom stereocenters. The number of nitriles is 2. The maximum absolute atomic E-state index is 8.50. The highest BCUT2D eigenvalue weighted by atomic mass is 35.5. The molecule has 0 spiro atoms. The second-order valence-corrected chi connectivity index (χ2v) is 2.66. The molecule has 0 aromatic heterocycles. The van der Waals surface area contributed by atoms with Gasteiger partial charge < -0.3 is 4.74 Å². The minimum absolute atomic E-state index is 0.546. The molecule has 0 amide bonds. The molecule has 0 saturated carbocycles. The van der Waals surface area contributed by atoms with Crippen LogP contribution in [0.3, 0.4) is 0 Å². The quantitative estimate of drug-likeness (QED) is 0.534. The summed E-state index contributed by atoms with van der Waals surface area (Å²) in [7, 11) is 0. The molecule has 0 bridgehead atoms. The monoisotopic (exact) mass is 192 g/mol. The van der Waals surface area contributed by atoms with Crippen LogP contribution in [0.15, 0.2) is 24.3 Å². The molecule has 1 aromatic carbocycles. The van der Waals surface area contributed by atoms with E-state index in [1.807, 2.05) is 6.07 Å². The van der Waals surface area contributed by atoms with Gasteiger partial charge >= 0.3 is 0 Å². The third-order valence-corrected chi connectivity index (χ3v) is 1.80. The Hall–Kier alpha value is -1.71. The van der Waals surface area contributed by atoms with Crippen LogP contribution in [0.4, 0.5) is 0 Å². The van der Waals surface area contributed by atoms with Crippen LogP contribution in [0.1, 0.15) is 16.7 Å². The Balaban J connectivity index is 2.82. The molecule has 0 N–H and O–H groups in total. The Morgan fingerprint density at radius 3 is 2.31 bits per heavy atom. The Kier molecular flexibility index (Phi) is 3.14. The Morgan fingerprint density at radius 2 is 1.85 bits per heavy atom. The fourth-order valence-electron chi connectivity index (χ4n) is 0.823. The predicted octanol–water partition coefficient (Wildman–Crippen LogP) is 2.29. The Labute approximate surface area is 80.7 Å². The van der Waals surface area contributed by atoms with Crippen molar-refractivity contribution in [3.05, 3.63) is 35.4 Å². The van der Waals surface area contributed by atoms with E-state index in [0.29, 0.717) is 11.1 Å². The average molecular weight is 193 g/mol. The third-order valence-electron chi connectivity index (χ3n) is 1.46. The van der Waals surface area contributed by atoms with E-state index in [1.165, 1.54) is 6.26 Å². The minimum atomic E-state index is -0.780. The van der Waals surface area contributed by atoms with Crippen molar-refractivity contribution in [3.63, 3.8) is 0 Å². The maximum Gasteiger partial charge on any atom is 0.288 e. The van der Waals surface area contributed by atoms with Gasteiger partial charge in [-0.25, -0.2) is 0 Å². The molecule has 0 heterocycles. The van der Waals surface area contributed by atoms with Crippen molar-refractivity contribution in [1.29, 1.82) is 10.5 Å². The highest BCUT2D eigenvalue weighted by Gasteiger charge is 2.07. The molecule has 0 aliphatic heterocycles. The fourth-order valence-corrected chi connectivity index (χ4v) is 1.01. The van der Waals surface area contributed by atoms with Gasteiger partial charge in [0, 0.05) is 5.56 Å². The van der Waals surface area contributed by atoms with Gasteiger partial charge in [0.1, 0.15) is 0 Å². The van der Waals surface area contributed by atoms with Crippen LogP contribution >= 0.6 is 11.6 Å². The lowest BCUT2D eigenvalue weighted by molar-refractivity contribution is 0.240. The van der Waals surface area contributed by atoms with Gasteiger partial charge in [-0.2, -0.15) is 10.5 Å². The summed E-state index contributed by atoms with van der Waals surface area (Å²) in [5.41, 5.74) is 0.421. The topological polar surface area (TPSA) is 56.8 Å². The van der Waals surface area contributed by atoms with E-state index in [2.05, 4.69) is 4.74 Å². The molecule has 0 saturated heterocycles. The minimum Gasteiger partial charge on any atom is -0.403 e. The van der Waals surface area contributed by atoms with Crippen LogP contribution in [-0.2, 0) is 4.74 Å². The fraction of sp³-hybridized carbons (Fsp3) is 0.111. The van der Waals surface area contributed by atoms with E-state index >= 15 is 0 Å². The van der Waals surface area contributed by atoms with Crippen molar-refractivity contribution in [2.75, 3.05) is 0 Å². The molecule has 1 rings (SSSR count). The van der Waals surface area contributed by atoms with Crippen molar-refractivity contribution in [1.82, 2.24) is 0 Å². The van der Waals surface area contributed by atoms with Gasteiger partial charge in [0.25, 0.3) is 6.26 Å². The largest absolute Gasteiger partial charge is 0.403 e. The second-order valence-electron chi connectivity index (χ2n) is 2.26. The van der Waals surface area contributed by atoms with Gasteiger partial charge in [0.2, 0.25) is 5.56 Å². The van der Waals surface area contributed by atoms with Crippen molar-refractivity contribution >= 4 is 11.6 Å². The Morgan fingerprint density at radius 1 is 1.23 bits per heavy atom. The summed E-state index contributed by atoms with van der Waals surface area (Å²) in [5, 5.41) is 16.7. The summed E-state index contributed by atoms with van der Waals surface area (Å²) in [6.07, 6.45) is 1.50. The van der Waals surface area contributed by atoms with E-state index in [-0.39, 0.29) is 0 Å². The van der Waals surface area contributed by atoms with Gasteiger partial charge in [-0.15, -0.1) is 0 Å². The lowest BCUT2D eigenvalue weighted by atomic mass is 10.1. The number of alkyl halides is 1. The van der Waals surface area contributed by atoms with E-state index in [9.17, 15) is 0 Å². The van der Waals surface area contributed by atoms with Gasteiger partial charge in [-0.05, 0) is 12.1 Å². The molecule has 64 valence electrons. The first-order valence-electron chi connectivity index (χ1n) is 3.47. The SMILES string of the molecule is N#COC(Cl)c1ccc(C#N)cc1. The molecule has 0 aliphatic carbocycles. The number of ether oxygens (including phenoxy) is 1. The summed E-state index contributed by atoms with van der Waals surface area (Å²) in [6, 6.07) is 8.50. The summed E-state index contributed by atoms with van der Waals surface area (Å²) < 4.78 is 4.49. The molecular formula is C9H5ClN2O. The number of halogens is 1. The number of hydrogen-bond donors (Lipinski definition) is 0. The first kappa shape index (κ1) is 9.38. The zero-order chi connectivity index (χ0) is 9.68. The van der Waals surface area contributed by atoms with Crippen LogP contribution in [-0.4, -0.2) is 0 Å². The highest BCUT2D eigenvalue weighted by molar-refractivity contribution is 6.19. The smallest absolute Gasteiger partial charge is 0.288 e. The van der Waals surface area contributed by atoms with Crippen molar-refractivity contribution in [3.8, 4) is 12.3 Å². The molecule has 1 atom stereocenters. The van der Waals surface area contributed by atoms with Crippen LogP contribution in [0, 0.1) is 22.8 Å². The van der Waals surface area contributed by atoms with Gasteiger partial charge in [0.15, 0.2) is 0 Å². The molecular weight excluding hydrogens is 188 g/mol. The third kappa shape index (κ3) is 2.37. The van der Waals surface area contributed by atoms with Crippen molar-refractivity contribution in [2.45, 2.75) is 5.56 Å². The predicted molar refractivity (Wildman–Crippen MR) is 46.4 cm³/mol. The molecule has 0 radical (unpaired) electrons. The standard InChI is InChI=1S/C9H5ClN2O/c10-9(13-6-12)8-3-1-7(5-11)2-4-8/h1-4,9H. The van der Waals surface area contributed by atoms with Crippen molar-refractivity contribution < 1.29 is 4.74 Å². The van der Waals surface area contributed by atoms with Crippen LogP contribution in [0.25, 0.3) is 0 Å². The van der Waals surface area contributed by atoms with E-state index in [1.54, 1.807) is 24.3 Å². The summed E-state index contributed by atoms with van der Waals surface area (Å²) in [4.78, 5) is 0. The molecule has 0 aliphatic rings. The molecule has 4 heteroatoms. The van der Waals surface area contributed by atoms with Gasteiger partial charge in [-0.1, -0.05) is 23.7 Å². The van der Waals surface area contributed by atoms with E-state index < -0.39 is 5.56 Å². The normalized spacial score (nSPS) is 11.0. The zero-order valence-electron chi connectivity index (χ0n) is 6.57. The summed E-state index contributed by atoms with van der Waals surface area (Å²) in [6.45, 7) is 0. The zero-order valence-corrected chi connectivity index (χ0v) is 7.32. The number of hydrogen-bond acceptors (Lipinski definition) is 3. The van der Waals surface area contributed by atoms with Crippen LogP contribution in [0.5, 0.6) is 0 Å². The summed E-state index contributed by atoms with van der Waals surface area (Å²) >= 11 is 5.67. The molecule has 1 aromatic rings. The van der Waals surface area contributed by atoms with E-state index in [0.717, 1.165) is 0 Å². The van der Waals surface area contributed by atoms with E-state index in [4.69, 9.17) is 22.1 Å². The lowest BCUT2D eigenvalue weighted by Crippen LogP contribution is -1.91. The maximum atomic E-state index is 8.50. The van der Waals surface area contributed by atoms with Gasteiger partial charge in [-0.3, -0.25) is 0 Å². The number of nitrogens with zero attached hydrogens (tertiary/aromatic N) is 2. The number of benzene rings is 1. The Bertz CT molecular complexity index is 361. The first-order valence-corrected chi connectivity index (χ1v) is 3.90. The van der Waals surface area contributed by atoms with Crippen molar-refractivity contribution in [2.24, 2.45) is 0 Å². The first-order chi connectivity index (χ1) is 6.27. The van der Waals surface area contributed by atoms with Gasteiger partial charge in [0.05, 0.1) is 11.6 Å². The number of rotatable bonds is 2.